The summed E-state index contributed by atoms with van der Waals surface area (Å²) in [6, 6.07) is 10.9. The van der Waals surface area contributed by atoms with E-state index in [9.17, 15) is 15.0 Å². The third kappa shape index (κ3) is 4.16. The molecule has 4 saturated carbocycles. The van der Waals surface area contributed by atoms with Crippen LogP contribution in [0.4, 0.5) is 0 Å². The molecule has 4 fully saturated rings. The monoisotopic (exact) mass is 575 g/mol. The second-order valence-corrected chi connectivity index (χ2v) is 17.3. The van der Waals surface area contributed by atoms with Gasteiger partial charge in [-0.3, -0.25) is 4.79 Å². The third-order valence-electron chi connectivity index (χ3n) is 14.9. The van der Waals surface area contributed by atoms with Crippen molar-refractivity contribution in [3.05, 3.63) is 47.5 Å². The number of benzene rings is 1. The van der Waals surface area contributed by atoms with Crippen LogP contribution in [0.25, 0.3) is 0 Å². The number of aliphatic hydroxyl groups excluding tert-OH is 1. The summed E-state index contributed by atoms with van der Waals surface area (Å²) in [5.74, 6) is 0.604. The van der Waals surface area contributed by atoms with Gasteiger partial charge in [0, 0.05) is 18.0 Å². The van der Waals surface area contributed by atoms with E-state index in [0.29, 0.717) is 11.8 Å². The highest BCUT2D eigenvalue weighted by Crippen LogP contribution is 2.75. The Labute approximate surface area is 255 Å². The van der Waals surface area contributed by atoms with Crippen molar-refractivity contribution in [3.63, 3.8) is 0 Å². The Morgan fingerprint density at radius 3 is 2.31 bits per heavy atom. The highest BCUT2D eigenvalue weighted by Gasteiger charge is 2.69. The zero-order valence-electron chi connectivity index (χ0n) is 27.4. The fourth-order valence-corrected chi connectivity index (χ4v) is 11.9. The normalized spacial score (nSPS) is 46.7. The van der Waals surface area contributed by atoms with Gasteiger partial charge in [-0.15, -0.1) is 0 Å². The van der Waals surface area contributed by atoms with Crippen molar-refractivity contribution < 1.29 is 15.0 Å². The molecule has 0 heterocycles. The van der Waals surface area contributed by atoms with Crippen molar-refractivity contribution >= 4 is 5.97 Å². The number of rotatable bonds is 5. The standard InChI is InChI=1S/C38H57NO3/c1-25(26-11-9-8-10-12-26)39-24-35(5)29-15-18-37(7)30(34(29,4)17-16-31(35)40)14-13-27-28-23-33(2,3)19-21-38(28,32(41)42)22-20-36(27,37)6/h8-13,25,28-31,39-40H,14-24H2,1-7H3,(H,41,42)/t25-,28?,29?,30?,31?,34?,35?,36?,37?,38?/m0/s1. The minimum atomic E-state index is -0.584. The molecule has 0 spiro atoms. The minimum Gasteiger partial charge on any atom is -0.481 e. The van der Waals surface area contributed by atoms with Crippen molar-refractivity contribution in [1.82, 2.24) is 5.32 Å². The maximum atomic E-state index is 12.9. The molecule has 3 N–H and O–H groups in total. The van der Waals surface area contributed by atoms with Crippen LogP contribution in [0, 0.1) is 50.2 Å². The van der Waals surface area contributed by atoms with Gasteiger partial charge in [-0.2, -0.15) is 0 Å². The summed E-state index contributed by atoms with van der Waals surface area (Å²) in [6.45, 7) is 17.8. The summed E-state index contributed by atoms with van der Waals surface area (Å²) in [6.07, 6.45) is 12.2. The Morgan fingerprint density at radius 2 is 1.62 bits per heavy atom. The van der Waals surface area contributed by atoms with E-state index in [1.807, 2.05) is 0 Å². The number of carbonyl (C=O) groups is 1. The van der Waals surface area contributed by atoms with Crippen LogP contribution in [0.15, 0.2) is 42.0 Å². The lowest BCUT2D eigenvalue weighted by Crippen LogP contribution is -2.66. The van der Waals surface area contributed by atoms with Crippen LogP contribution in [0.5, 0.6) is 0 Å². The van der Waals surface area contributed by atoms with E-state index in [0.717, 1.165) is 64.3 Å². The van der Waals surface area contributed by atoms with Crippen LogP contribution in [-0.2, 0) is 4.79 Å². The van der Waals surface area contributed by atoms with E-state index in [1.54, 1.807) is 0 Å². The van der Waals surface area contributed by atoms with Crippen molar-refractivity contribution in [2.75, 3.05) is 6.54 Å². The average molecular weight is 576 g/mol. The lowest BCUT2D eigenvalue weighted by molar-refractivity contribution is -0.208. The Kier molecular flexibility index (Phi) is 7.18. The molecule has 0 aliphatic heterocycles. The number of hydrogen-bond acceptors (Lipinski definition) is 3. The Bertz CT molecular complexity index is 1240. The van der Waals surface area contributed by atoms with Gasteiger partial charge in [-0.1, -0.05) is 83.5 Å². The van der Waals surface area contributed by atoms with E-state index in [2.05, 4.69) is 90.2 Å². The molecule has 0 saturated heterocycles. The predicted octanol–water partition coefficient (Wildman–Crippen LogP) is 8.56. The molecule has 9 unspecified atom stereocenters. The topological polar surface area (TPSA) is 69.6 Å². The van der Waals surface area contributed by atoms with Gasteiger partial charge in [0.25, 0.3) is 0 Å². The minimum absolute atomic E-state index is 0.0352. The van der Waals surface area contributed by atoms with Crippen molar-refractivity contribution in [1.29, 1.82) is 0 Å². The van der Waals surface area contributed by atoms with Gasteiger partial charge in [0.05, 0.1) is 11.5 Å². The maximum Gasteiger partial charge on any atom is 0.310 e. The smallest absolute Gasteiger partial charge is 0.310 e. The third-order valence-corrected chi connectivity index (χ3v) is 14.9. The zero-order valence-corrected chi connectivity index (χ0v) is 27.4. The summed E-state index contributed by atoms with van der Waals surface area (Å²) in [7, 11) is 0. The number of aliphatic hydroxyl groups is 1. The molecule has 0 radical (unpaired) electrons. The number of fused-ring (bicyclic) bond motifs is 7. The second-order valence-electron chi connectivity index (χ2n) is 17.3. The van der Waals surface area contributed by atoms with Gasteiger partial charge in [-0.05, 0) is 116 Å². The van der Waals surface area contributed by atoms with E-state index < -0.39 is 11.4 Å². The summed E-state index contributed by atoms with van der Waals surface area (Å²) in [5.41, 5.74) is 2.55. The lowest BCUT2D eigenvalue weighted by Gasteiger charge is -2.71. The Balaban J connectivity index is 1.33. The lowest BCUT2D eigenvalue weighted by atomic mass is 9.33. The Morgan fingerprint density at radius 1 is 0.929 bits per heavy atom. The van der Waals surface area contributed by atoms with Crippen molar-refractivity contribution in [2.45, 2.75) is 125 Å². The maximum absolute atomic E-state index is 12.9. The number of carboxylic acid groups (broad SMARTS) is 1. The van der Waals surface area contributed by atoms with Crippen LogP contribution in [0.1, 0.15) is 124 Å². The molecule has 4 nitrogen and oxygen atoms in total. The first-order chi connectivity index (χ1) is 19.6. The summed E-state index contributed by atoms with van der Waals surface area (Å²) < 4.78 is 0. The average Bonchev–Trinajstić information content (AvgIpc) is 2.94. The number of allylic oxidation sites excluding steroid dienone is 2. The fourth-order valence-electron chi connectivity index (χ4n) is 11.9. The molecule has 42 heavy (non-hydrogen) atoms. The van der Waals surface area contributed by atoms with Crippen LogP contribution in [0.2, 0.25) is 0 Å². The summed E-state index contributed by atoms with van der Waals surface area (Å²) in [5, 5.41) is 26.1. The molecule has 6 rings (SSSR count). The van der Waals surface area contributed by atoms with Crippen LogP contribution in [-0.4, -0.2) is 28.8 Å². The van der Waals surface area contributed by atoms with E-state index in [1.165, 1.54) is 17.6 Å². The Hall–Kier alpha value is -1.65. The first kappa shape index (κ1) is 30.4. The molecule has 10 atom stereocenters. The van der Waals surface area contributed by atoms with E-state index in [4.69, 9.17) is 0 Å². The highest BCUT2D eigenvalue weighted by atomic mass is 16.4. The molecule has 5 aliphatic carbocycles. The quantitative estimate of drug-likeness (QED) is 0.308. The van der Waals surface area contributed by atoms with Gasteiger partial charge < -0.3 is 15.5 Å². The van der Waals surface area contributed by atoms with Crippen molar-refractivity contribution in [3.8, 4) is 0 Å². The summed E-state index contributed by atoms with van der Waals surface area (Å²) in [4.78, 5) is 12.9. The number of nitrogens with one attached hydrogen (secondary N) is 1. The summed E-state index contributed by atoms with van der Waals surface area (Å²) >= 11 is 0. The molecule has 0 amide bonds. The molecule has 4 heteroatoms. The first-order valence-corrected chi connectivity index (χ1v) is 17.0. The molecule has 0 bridgehead atoms. The SMILES string of the molecule is C[C@H](NCC1(C)C(O)CCC2(C)C1CCC1(C)C2CC=C2C3CC(C)(C)CCC3(C(=O)O)CCC21C)c1ccccc1. The predicted molar refractivity (Wildman–Crippen MR) is 170 cm³/mol. The van der Waals surface area contributed by atoms with Gasteiger partial charge in [0.15, 0.2) is 0 Å². The first-order valence-electron chi connectivity index (χ1n) is 17.0. The number of hydrogen-bond donors (Lipinski definition) is 3. The second kappa shape index (κ2) is 9.93. The molecule has 0 aromatic heterocycles. The fraction of sp³-hybridized carbons (Fsp3) is 0.763. The van der Waals surface area contributed by atoms with E-state index >= 15 is 0 Å². The van der Waals surface area contributed by atoms with E-state index in [-0.39, 0.29) is 45.1 Å². The highest BCUT2D eigenvalue weighted by molar-refractivity contribution is 5.76. The molecular formula is C38H57NO3. The molecule has 5 aliphatic rings. The van der Waals surface area contributed by atoms with Gasteiger partial charge in [0.1, 0.15) is 0 Å². The van der Waals surface area contributed by atoms with Crippen molar-refractivity contribution in [2.24, 2.45) is 50.2 Å². The molecule has 1 aromatic carbocycles. The molecule has 232 valence electrons. The van der Waals surface area contributed by atoms with Gasteiger partial charge in [-0.25, -0.2) is 0 Å². The van der Waals surface area contributed by atoms with Crippen LogP contribution >= 0.6 is 0 Å². The molecule has 1 aromatic rings. The van der Waals surface area contributed by atoms with Crippen LogP contribution < -0.4 is 5.32 Å². The largest absolute Gasteiger partial charge is 0.481 e. The van der Waals surface area contributed by atoms with Gasteiger partial charge in [0.2, 0.25) is 0 Å². The molecular weight excluding hydrogens is 518 g/mol. The number of aliphatic carboxylic acids is 1. The number of carboxylic acids is 1. The van der Waals surface area contributed by atoms with Crippen LogP contribution in [0.3, 0.4) is 0 Å². The van der Waals surface area contributed by atoms with Gasteiger partial charge >= 0.3 is 5.97 Å². The zero-order chi connectivity index (χ0) is 30.3.